The molecule has 0 aromatic heterocycles. The molecule has 10 aromatic rings. The number of unbranched alkanes of at least 4 members (excludes halogenated alkanes) is 10. The molecule has 0 atom stereocenters. The average Bonchev–Trinajstić information content (AvgIpc) is 0.824. The summed E-state index contributed by atoms with van der Waals surface area (Å²) in [5, 5.41) is 4.13. The Bertz CT molecular complexity index is 3750. The molecule has 0 spiro atoms. The van der Waals surface area contributed by atoms with Crippen molar-refractivity contribution in [3.63, 3.8) is 0 Å². The Balaban J connectivity index is 0.688. The molecule has 0 amide bonds. The van der Waals surface area contributed by atoms with Crippen molar-refractivity contribution in [3.8, 4) is 78.6 Å². The van der Waals surface area contributed by atoms with Gasteiger partial charge in [-0.3, -0.25) is 9.59 Å². The quantitative estimate of drug-likeness (QED) is 0.0187. The minimum atomic E-state index is -0.930. The lowest BCUT2D eigenvalue weighted by atomic mass is 9.92. The number of aryl methyl sites for hydroxylation is 2. The third-order valence-corrected chi connectivity index (χ3v) is 16.7. The molecule has 0 radical (unpaired) electrons. The first-order chi connectivity index (χ1) is 44.1. The van der Waals surface area contributed by atoms with E-state index in [2.05, 4.69) is 50.2 Å². The van der Waals surface area contributed by atoms with Crippen LogP contribution in [-0.2, 0) is 22.4 Å². The third kappa shape index (κ3) is 16.4. The van der Waals surface area contributed by atoms with Crippen LogP contribution in [0.5, 0.6) is 23.0 Å². The number of hydrogen-bond donors (Lipinski definition) is 0. The molecule has 0 heterocycles. The van der Waals surface area contributed by atoms with E-state index in [0.29, 0.717) is 97.0 Å². The van der Waals surface area contributed by atoms with Crippen LogP contribution in [0.4, 0.5) is 17.6 Å². The van der Waals surface area contributed by atoms with Gasteiger partial charge in [0.2, 0.25) is 0 Å². The maximum atomic E-state index is 15.5. The summed E-state index contributed by atoms with van der Waals surface area (Å²) >= 11 is 0. The van der Waals surface area contributed by atoms with Crippen molar-refractivity contribution in [1.82, 2.24) is 0 Å². The van der Waals surface area contributed by atoms with Crippen LogP contribution in [-0.4, -0.2) is 25.2 Å². The summed E-state index contributed by atoms with van der Waals surface area (Å²) in [6.45, 7) is 5.19. The Morgan fingerprint density at radius 3 is 1.02 bits per heavy atom. The van der Waals surface area contributed by atoms with Gasteiger partial charge in [-0.05, 0) is 156 Å². The van der Waals surface area contributed by atoms with E-state index in [0.717, 1.165) is 58.4 Å². The van der Waals surface area contributed by atoms with E-state index in [1.165, 1.54) is 49.7 Å². The van der Waals surface area contributed by atoms with E-state index in [1.54, 1.807) is 72.8 Å². The second-order valence-electron chi connectivity index (χ2n) is 23.2. The zero-order chi connectivity index (χ0) is 62.6. The molecule has 0 saturated carbocycles. The summed E-state index contributed by atoms with van der Waals surface area (Å²) in [6.07, 6.45) is 15.6. The van der Waals surface area contributed by atoms with E-state index in [1.807, 2.05) is 84.9 Å². The standard InChI is InChI=1S/C80H78F4O6/c1-3-5-7-11-21-55-29-33-59(34-30-55)67-47-49-69(79(83)77(67)81)61-37-43-63(44-38-61)89-73(85)27-13-9-19-53-87-71-51-41-57-23-15-17-25-65(57)75(71)76-66-26-18-16-24-58(66)42-52-72(76)88-54-20-10-14-28-74(86)90-64-45-39-62(40-46-64)70-50-48-68(78(82)80(70)84)60-35-31-56(32-36-60)22-12-8-6-4-2/h15-18,23-26,29-52H,3-14,19-22,27-28,53-54H2,1-2H3. The number of halogens is 4. The molecule has 0 bridgehead atoms. The van der Waals surface area contributed by atoms with Gasteiger partial charge in [-0.1, -0.05) is 210 Å². The normalized spacial score (nSPS) is 11.3. The van der Waals surface area contributed by atoms with Gasteiger partial charge in [0.15, 0.2) is 23.3 Å². The van der Waals surface area contributed by atoms with Crippen LogP contribution in [0.2, 0.25) is 0 Å². The Labute approximate surface area is 526 Å². The summed E-state index contributed by atoms with van der Waals surface area (Å²) < 4.78 is 86.6. The van der Waals surface area contributed by atoms with Crippen molar-refractivity contribution in [1.29, 1.82) is 0 Å². The fourth-order valence-corrected chi connectivity index (χ4v) is 11.7. The topological polar surface area (TPSA) is 71.1 Å². The maximum absolute atomic E-state index is 15.5. The second kappa shape index (κ2) is 31.9. The summed E-state index contributed by atoms with van der Waals surface area (Å²) in [4.78, 5) is 26.0. The SMILES string of the molecule is CCCCCCc1ccc(-c2ccc(-c3ccc(OC(=O)CCCCCOc4ccc5ccccc5c4-c4c(OCCCCCC(=O)Oc5ccc(-c6ccc(-c7ccc(CCCCCC)cc7)c(F)c6F)cc5)ccc5ccccc45)cc3)c(F)c2F)cc1. The van der Waals surface area contributed by atoms with Gasteiger partial charge in [0, 0.05) is 46.2 Å². The van der Waals surface area contributed by atoms with Crippen molar-refractivity contribution < 1.29 is 46.1 Å². The lowest BCUT2D eigenvalue weighted by Gasteiger charge is -2.20. The van der Waals surface area contributed by atoms with Crippen molar-refractivity contribution in [2.45, 2.75) is 129 Å². The Kier molecular flexibility index (Phi) is 22.7. The van der Waals surface area contributed by atoms with Gasteiger partial charge in [-0.25, -0.2) is 17.6 Å². The molecule has 0 N–H and O–H groups in total. The number of esters is 2. The van der Waals surface area contributed by atoms with Gasteiger partial charge in [0.25, 0.3) is 0 Å². The highest BCUT2D eigenvalue weighted by molar-refractivity contribution is 6.09. The molecule has 6 nitrogen and oxygen atoms in total. The number of ether oxygens (including phenoxy) is 4. The number of rotatable bonds is 31. The van der Waals surface area contributed by atoms with Gasteiger partial charge in [-0.2, -0.15) is 0 Å². The lowest BCUT2D eigenvalue weighted by molar-refractivity contribution is -0.135. The van der Waals surface area contributed by atoms with E-state index < -0.39 is 23.3 Å². The van der Waals surface area contributed by atoms with Crippen molar-refractivity contribution in [2.75, 3.05) is 13.2 Å². The van der Waals surface area contributed by atoms with Gasteiger partial charge in [0.1, 0.15) is 23.0 Å². The van der Waals surface area contributed by atoms with Crippen molar-refractivity contribution in [3.05, 3.63) is 229 Å². The highest BCUT2D eigenvalue weighted by Gasteiger charge is 2.22. The van der Waals surface area contributed by atoms with E-state index in [4.69, 9.17) is 18.9 Å². The third-order valence-electron chi connectivity index (χ3n) is 16.7. The molecule has 10 aromatic carbocycles. The van der Waals surface area contributed by atoms with Crippen molar-refractivity contribution >= 4 is 33.5 Å². The number of benzene rings is 10. The fourth-order valence-electron chi connectivity index (χ4n) is 11.7. The van der Waals surface area contributed by atoms with E-state index in [9.17, 15) is 9.59 Å². The summed E-state index contributed by atoms with van der Waals surface area (Å²) in [6, 6.07) is 59.1. The lowest BCUT2D eigenvalue weighted by Crippen LogP contribution is -2.08. The van der Waals surface area contributed by atoms with Crippen LogP contribution in [0.15, 0.2) is 194 Å². The molecule has 0 aliphatic rings. The molecular formula is C80H78F4O6. The minimum Gasteiger partial charge on any atom is -0.493 e. The van der Waals surface area contributed by atoms with Crippen molar-refractivity contribution in [2.24, 2.45) is 0 Å². The van der Waals surface area contributed by atoms with Crippen LogP contribution >= 0.6 is 0 Å². The maximum Gasteiger partial charge on any atom is 0.311 e. The molecular weight excluding hydrogens is 1130 g/mol. The Hall–Kier alpha value is -9.02. The van der Waals surface area contributed by atoms with Crippen LogP contribution in [0.25, 0.3) is 77.2 Å². The molecule has 0 aliphatic heterocycles. The largest absolute Gasteiger partial charge is 0.493 e. The Morgan fingerprint density at radius 2 is 0.667 bits per heavy atom. The molecule has 0 fully saturated rings. The summed E-state index contributed by atoms with van der Waals surface area (Å²) in [5.74, 6) is -2.37. The first kappa shape index (κ1) is 64.0. The number of hydrogen-bond acceptors (Lipinski definition) is 6. The monoisotopic (exact) mass is 1210 g/mol. The van der Waals surface area contributed by atoms with E-state index >= 15 is 17.6 Å². The second-order valence-corrected chi connectivity index (χ2v) is 23.2. The Morgan fingerprint density at radius 1 is 0.333 bits per heavy atom. The number of fused-ring (bicyclic) bond motifs is 2. The average molecular weight is 1210 g/mol. The molecule has 0 saturated heterocycles. The van der Waals surface area contributed by atoms with Gasteiger partial charge in [0.05, 0.1) is 13.2 Å². The van der Waals surface area contributed by atoms with Crippen LogP contribution in [0, 0.1) is 23.3 Å². The zero-order valence-corrected chi connectivity index (χ0v) is 51.6. The van der Waals surface area contributed by atoms with E-state index in [-0.39, 0.29) is 47.0 Å². The van der Waals surface area contributed by atoms with Crippen LogP contribution in [0.1, 0.15) is 128 Å². The zero-order valence-electron chi connectivity index (χ0n) is 51.6. The van der Waals surface area contributed by atoms with Crippen LogP contribution in [0.3, 0.4) is 0 Å². The molecule has 10 rings (SSSR count). The van der Waals surface area contributed by atoms with Gasteiger partial charge in [-0.15, -0.1) is 0 Å². The summed E-state index contributed by atoms with van der Waals surface area (Å²) in [5.41, 5.74) is 7.05. The number of carbonyl (C=O) groups is 2. The highest BCUT2D eigenvalue weighted by Crippen LogP contribution is 2.46. The minimum absolute atomic E-state index is 0.125. The first-order valence-electron chi connectivity index (χ1n) is 32.1. The molecule has 0 aliphatic carbocycles. The molecule has 10 heteroatoms. The fraction of sp³-hybridized carbons (Fsp3) is 0.275. The predicted molar refractivity (Wildman–Crippen MR) is 356 cm³/mol. The molecule has 0 unspecified atom stereocenters. The molecule has 462 valence electrons. The highest BCUT2D eigenvalue weighted by atomic mass is 19.2. The molecule has 90 heavy (non-hydrogen) atoms. The smallest absolute Gasteiger partial charge is 0.311 e. The van der Waals surface area contributed by atoms with Gasteiger partial charge < -0.3 is 18.9 Å². The predicted octanol–water partition coefficient (Wildman–Crippen LogP) is 22.2. The summed E-state index contributed by atoms with van der Waals surface area (Å²) in [7, 11) is 0. The van der Waals surface area contributed by atoms with Gasteiger partial charge >= 0.3 is 11.9 Å². The van der Waals surface area contributed by atoms with Crippen LogP contribution < -0.4 is 18.9 Å². The number of carbonyl (C=O) groups excluding carboxylic acids is 2. The first-order valence-corrected chi connectivity index (χ1v) is 32.1.